The molecule has 1 saturated carbocycles. The molecule has 6 heteroatoms. The Morgan fingerprint density at radius 1 is 1.57 bits per heavy atom. The Morgan fingerprint density at radius 2 is 2.07 bits per heavy atom. The third-order valence-corrected chi connectivity index (χ3v) is 2.43. The summed E-state index contributed by atoms with van der Waals surface area (Å²) >= 11 is 0. The molecule has 14 heavy (non-hydrogen) atoms. The molecule has 0 aromatic carbocycles. The molecule has 0 bridgehead atoms. The van der Waals surface area contributed by atoms with Gasteiger partial charge in [-0.05, 0) is 19.3 Å². The highest BCUT2D eigenvalue weighted by Crippen LogP contribution is 2.48. The highest BCUT2D eigenvalue weighted by molar-refractivity contribution is 5.82. The van der Waals surface area contributed by atoms with Crippen molar-refractivity contribution in [2.75, 3.05) is 0 Å². The van der Waals surface area contributed by atoms with Crippen LogP contribution < -0.4 is 11.1 Å². The molecule has 0 aliphatic heterocycles. The van der Waals surface area contributed by atoms with Gasteiger partial charge in [0.2, 0.25) is 5.91 Å². The van der Waals surface area contributed by atoms with E-state index < -0.39 is 23.7 Å². The van der Waals surface area contributed by atoms with Crippen LogP contribution in [0.3, 0.4) is 0 Å². The molecule has 0 radical (unpaired) electrons. The Balaban J connectivity index is 2.57. The van der Waals surface area contributed by atoms with Gasteiger partial charge in [-0.15, -0.1) is 0 Å². The zero-order chi connectivity index (χ0) is 11.0. The number of nitrogens with one attached hydrogen (secondary N) is 1. The second kappa shape index (κ2) is 3.42. The molecule has 1 aliphatic carbocycles. The maximum Gasteiger partial charge on any atom is 0.411 e. The van der Waals surface area contributed by atoms with E-state index in [4.69, 9.17) is 5.73 Å². The van der Waals surface area contributed by atoms with Crippen LogP contribution in [0.15, 0.2) is 0 Å². The van der Waals surface area contributed by atoms with E-state index in [0.717, 1.165) is 0 Å². The molecule has 82 valence electrons. The van der Waals surface area contributed by atoms with E-state index in [2.05, 4.69) is 0 Å². The maximum absolute atomic E-state index is 12.4. The molecule has 0 spiro atoms. The third kappa shape index (κ3) is 2.00. The Bertz CT molecular complexity index is 235. The molecule has 1 fully saturated rings. The number of hydrogen-bond donors (Lipinski definition) is 2. The molecule has 1 amide bonds. The van der Waals surface area contributed by atoms with E-state index in [0.29, 0.717) is 6.42 Å². The second-order valence-electron chi connectivity index (χ2n) is 3.58. The van der Waals surface area contributed by atoms with Crippen LogP contribution in [0.4, 0.5) is 13.2 Å². The van der Waals surface area contributed by atoms with Gasteiger partial charge in [-0.3, -0.25) is 4.79 Å². The van der Waals surface area contributed by atoms with Crippen molar-refractivity contribution in [2.24, 2.45) is 5.73 Å². The summed E-state index contributed by atoms with van der Waals surface area (Å²) in [6.07, 6.45) is -4.12. The van der Waals surface area contributed by atoms with E-state index in [-0.39, 0.29) is 12.8 Å². The summed E-state index contributed by atoms with van der Waals surface area (Å²) in [7, 11) is 0. The maximum atomic E-state index is 12.4. The minimum Gasteiger partial charge on any atom is -0.341 e. The molecule has 3 N–H and O–H groups in total. The van der Waals surface area contributed by atoms with Crippen molar-refractivity contribution < 1.29 is 18.0 Å². The molecular formula is C8H13F3N2O. The van der Waals surface area contributed by atoms with Gasteiger partial charge < -0.3 is 11.1 Å². The van der Waals surface area contributed by atoms with Gasteiger partial charge in [0, 0.05) is 0 Å². The Morgan fingerprint density at radius 3 is 2.36 bits per heavy atom. The Labute approximate surface area is 79.8 Å². The van der Waals surface area contributed by atoms with Crippen LogP contribution in [-0.4, -0.2) is 23.7 Å². The van der Waals surface area contributed by atoms with Crippen molar-refractivity contribution >= 4 is 5.91 Å². The lowest BCUT2D eigenvalue weighted by molar-refractivity contribution is -0.170. The first-order valence-electron chi connectivity index (χ1n) is 4.47. The van der Waals surface area contributed by atoms with E-state index in [1.807, 2.05) is 5.32 Å². The van der Waals surface area contributed by atoms with Crippen LogP contribution >= 0.6 is 0 Å². The summed E-state index contributed by atoms with van der Waals surface area (Å²) in [4.78, 5) is 11.1. The predicted molar refractivity (Wildman–Crippen MR) is 44.4 cm³/mol. The van der Waals surface area contributed by atoms with Crippen molar-refractivity contribution in [2.45, 2.75) is 43.9 Å². The van der Waals surface area contributed by atoms with Gasteiger partial charge in [-0.1, -0.05) is 6.92 Å². The lowest BCUT2D eigenvalue weighted by Gasteiger charge is -2.22. The minimum atomic E-state index is -4.36. The van der Waals surface area contributed by atoms with Gasteiger partial charge in [-0.2, -0.15) is 13.2 Å². The zero-order valence-corrected chi connectivity index (χ0v) is 7.82. The summed E-state index contributed by atoms with van der Waals surface area (Å²) in [6, 6.07) is -0.852. The lowest BCUT2D eigenvalue weighted by atomic mass is 10.2. The first-order valence-corrected chi connectivity index (χ1v) is 4.47. The van der Waals surface area contributed by atoms with Crippen molar-refractivity contribution in [3.8, 4) is 0 Å². The number of halogens is 3. The second-order valence-corrected chi connectivity index (χ2v) is 3.58. The average molecular weight is 210 g/mol. The number of nitrogens with two attached hydrogens (primary N) is 1. The quantitative estimate of drug-likeness (QED) is 0.728. The molecule has 0 aromatic heterocycles. The standard InChI is InChI=1S/C8H13F3N2O/c1-2-5(12)6(14)13-7(3-4-7)8(9,10)11/h5H,2-4,12H2,1H3,(H,13,14)/t5-/m0/s1. The van der Waals surface area contributed by atoms with E-state index in [1.54, 1.807) is 6.92 Å². The number of rotatable bonds is 3. The number of alkyl halides is 3. The van der Waals surface area contributed by atoms with Crippen molar-refractivity contribution in [3.63, 3.8) is 0 Å². The first kappa shape index (κ1) is 11.3. The monoisotopic (exact) mass is 210 g/mol. The fourth-order valence-corrected chi connectivity index (χ4v) is 1.12. The number of carbonyl (C=O) groups is 1. The largest absolute Gasteiger partial charge is 0.411 e. The lowest BCUT2D eigenvalue weighted by Crippen LogP contribution is -2.52. The topological polar surface area (TPSA) is 55.1 Å². The molecule has 0 aromatic rings. The SMILES string of the molecule is CC[C@H](N)C(=O)NC1(C(F)(F)F)CC1. The molecule has 1 atom stereocenters. The predicted octanol–water partition coefficient (Wildman–Crippen LogP) is 0.935. The fourth-order valence-electron chi connectivity index (χ4n) is 1.12. The van der Waals surface area contributed by atoms with Crippen LogP contribution in [0.5, 0.6) is 0 Å². The highest BCUT2D eigenvalue weighted by Gasteiger charge is 2.64. The van der Waals surface area contributed by atoms with Gasteiger partial charge in [0.1, 0.15) is 5.54 Å². The molecular weight excluding hydrogens is 197 g/mol. The third-order valence-electron chi connectivity index (χ3n) is 2.43. The summed E-state index contributed by atoms with van der Waals surface area (Å²) < 4.78 is 37.1. The van der Waals surface area contributed by atoms with Crippen LogP contribution in [-0.2, 0) is 4.79 Å². The summed E-state index contributed by atoms with van der Waals surface area (Å²) in [6.45, 7) is 1.65. The summed E-state index contributed by atoms with van der Waals surface area (Å²) in [5.74, 6) is -0.720. The highest BCUT2D eigenvalue weighted by atomic mass is 19.4. The molecule has 3 nitrogen and oxygen atoms in total. The number of amides is 1. The Hall–Kier alpha value is -0.780. The first-order chi connectivity index (χ1) is 6.32. The van der Waals surface area contributed by atoms with Gasteiger partial charge in [0.15, 0.2) is 0 Å². The smallest absolute Gasteiger partial charge is 0.341 e. The summed E-state index contributed by atoms with van der Waals surface area (Å²) in [5.41, 5.74) is 3.33. The number of hydrogen-bond acceptors (Lipinski definition) is 2. The number of carbonyl (C=O) groups excluding carboxylic acids is 1. The molecule has 1 rings (SSSR count). The van der Waals surface area contributed by atoms with E-state index in [9.17, 15) is 18.0 Å². The zero-order valence-electron chi connectivity index (χ0n) is 7.82. The van der Waals surface area contributed by atoms with E-state index in [1.165, 1.54) is 0 Å². The van der Waals surface area contributed by atoms with Gasteiger partial charge in [0.05, 0.1) is 6.04 Å². The minimum absolute atomic E-state index is 0.0430. The average Bonchev–Trinajstić information content (AvgIpc) is 2.82. The van der Waals surface area contributed by atoms with Gasteiger partial charge >= 0.3 is 6.18 Å². The van der Waals surface area contributed by atoms with Crippen LogP contribution in [0.2, 0.25) is 0 Å². The fraction of sp³-hybridized carbons (Fsp3) is 0.875. The van der Waals surface area contributed by atoms with Gasteiger partial charge in [-0.25, -0.2) is 0 Å². The molecule has 0 saturated heterocycles. The van der Waals surface area contributed by atoms with Crippen molar-refractivity contribution in [1.29, 1.82) is 0 Å². The van der Waals surface area contributed by atoms with Crippen molar-refractivity contribution in [3.05, 3.63) is 0 Å². The molecule has 0 unspecified atom stereocenters. The van der Waals surface area contributed by atoms with Crippen LogP contribution in [0, 0.1) is 0 Å². The normalized spacial score (nSPS) is 21.5. The van der Waals surface area contributed by atoms with E-state index >= 15 is 0 Å². The van der Waals surface area contributed by atoms with Gasteiger partial charge in [0.25, 0.3) is 0 Å². The molecule has 0 heterocycles. The van der Waals surface area contributed by atoms with Crippen LogP contribution in [0.25, 0.3) is 0 Å². The Kier molecular flexibility index (Phi) is 2.76. The van der Waals surface area contributed by atoms with Crippen molar-refractivity contribution in [1.82, 2.24) is 5.32 Å². The van der Waals surface area contributed by atoms with Crippen LogP contribution in [0.1, 0.15) is 26.2 Å². The summed E-state index contributed by atoms with van der Waals surface area (Å²) in [5, 5.41) is 1.97. The molecule has 1 aliphatic rings.